The normalized spacial score (nSPS) is 26.9. The predicted molar refractivity (Wildman–Crippen MR) is 61.6 cm³/mol. The van der Waals surface area contributed by atoms with Crippen LogP contribution in [0.25, 0.3) is 0 Å². The van der Waals surface area contributed by atoms with Crippen LogP contribution in [0.3, 0.4) is 0 Å². The Kier molecular flexibility index (Phi) is 3.91. The Bertz CT molecular complexity index is 317. The van der Waals surface area contributed by atoms with E-state index in [-0.39, 0.29) is 12.6 Å². The maximum Gasteiger partial charge on any atom is 0.154 e. The standard InChI is InChI=1S/C13H18FNO/c14-13-8-4-7-12(10-16)15(13)9-11-5-2-1-3-6-11/h1-3,5-6,12-13,16H,4,7-10H2. The lowest BCUT2D eigenvalue weighted by Gasteiger charge is -2.37. The molecule has 0 spiro atoms. The average Bonchev–Trinajstić information content (AvgIpc) is 2.33. The summed E-state index contributed by atoms with van der Waals surface area (Å²) in [6.45, 7) is 0.639. The first-order valence-electron chi connectivity index (χ1n) is 5.86. The topological polar surface area (TPSA) is 23.5 Å². The van der Waals surface area contributed by atoms with Crippen molar-refractivity contribution in [2.24, 2.45) is 0 Å². The molecule has 1 saturated heterocycles. The number of piperidine rings is 1. The number of likely N-dealkylation sites (tertiary alicyclic amines) is 1. The van der Waals surface area contributed by atoms with E-state index >= 15 is 0 Å². The minimum atomic E-state index is -0.911. The first-order valence-corrected chi connectivity index (χ1v) is 5.86. The number of rotatable bonds is 3. The Balaban J connectivity index is 2.05. The fraction of sp³-hybridized carbons (Fsp3) is 0.538. The van der Waals surface area contributed by atoms with Gasteiger partial charge in [0.15, 0.2) is 6.30 Å². The minimum absolute atomic E-state index is 0.0241. The summed E-state index contributed by atoms with van der Waals surface area (Å²) in [4.78, 5) is 1.78. The molecule has 1 aliphatic rings. The second-order valence-corrected chi connectivity index (χ2v) is 4.36. The van der Waals surface area contributed by atoms with Gasteiger partial charge in [-0.25, -0.2) is 4.39 Å². The molecule has 2 unspecified atom stereocenters. The van der Waals surface area contributed by atoms with E-state index in [2.05, 4.69) is 0 Å². The molecule has 1 aliphatic heterocycles. The van der Waals surface area contributed by atoms with Crippen molar-refractivity contribution in [3.63, 3.8) is 0 Å². The number of aliphatic hydroxyl groups excluding tert-OH is 1. The number of hydrogen-bond donors (Lipinski definition) is 1. The summed E-state index contributed by atoms with van der Waals surface area (Å²) >= 11 is 0. The number of halogens is 1. The average molecular weight is 223 g/mol. The van der Waals surface area contributed by atoms with Crippen molar-refractivity contribution < 1.29 is 9.50 Å². The van der Waals surface area contributed by atoms with Gasteiger partial charge < -0.3 is 5.11 Å². The zero-order valence-corrected chi connectivity index (χ0v) is 9.35. The van der Waals surface area contributed by atoms with Gasteiger partial charge in [-0.15, -0.1) is 0 Å². The molecule has 0 aliphatic carbocycles. The molecule has 1 heterocycles. The highest BCUT2D eigenvalue weighted by atomic mass is 19.1. The van der Waals surface area contributed by atoms with E-state index in [1.165, 1.54) is 0 Å². The van der Waals surface area contributed by atoms with Gasteiger partial charge in [-0.1, -0.05) is 30.3 Å². The van der Waals surface area contributed by atoms with E-state index in [0.29, 0.717) is 13.0 Å². The SMILES string of the molecule is OCC1CCCC(F)N1Cc1ccccc1. The van der Waals surface area contributed by atoms with Gasteiger partial charge in [-0.05, 0) is 24.8 Å². The van der Waals surface area contributed by atoms with Crippen LogP contribution in [0.15, 0.2) is 30.3 Å². The van der Waals surface area contributed by atoms with Gasteiger partial charge >= 0.3 is 0 Å². The van der Waals surface area contributed by atoms with E-state index < -0.39 is 6.30 Å². The van der Waals surface area contributed by atoms with Crippen molar-refractivity contribution >= 4 is 0 Å². The number of benzene rings is 1. The van der Waals surface area contributed by atoms with E-state index in [1.807, 2.05) is 30.3 Å². The summed E-state index contributed by atoms with van der Waals surface area (Å²) < 4.78 is 13.8. The lowest BCUT2D eigenvalue weighted by Crippen LogP contribution is -2.45. The van der Waals surface area contributed by atoms with Crippen molar-refractivity contribution in [3.8, 4) is 0 Å². The van der Waals surface area contributed by atoms with Gasteiger partial charge in [-0.2, -0.15) is 0 Å². The van der Waals surface area contributed by atoms with Crippen LogP contribution in [-0.2, 0) is 6.54 Å². The Morgan fingerprint density at radius 3 is 2.69 bits per heavy atom. The molecule has 2 atom stereocenters. The first-order chi connectivity index (χ1) is 7.81. The number of hydrogen-bond acceptors (Lipinski definition) is 2. The molecule has 1 fully saturated rings. The maximum absolute atomic E-state index is 13.8. The molecule has 0 bridgehead atoms. The van der Waals surface area contributed by atoms with Crippen LogP contribution in [0.1, 0.15) is 24.8 Å². The van der Waals surface area contributed by atoms with Crippen LogP contribution in [0, 0.1) is 0 Å². The van der Waals surface area contributed by atoms with Crippen LogP contribution in [-0.4, -0.2) is 29.0 Å². The largest absolute Gasteiger partial charge is 0.395 e. The second-order valence-electron chi connectivity index (χ2n) is 4.36. The Morgan fingerprint density at radius 1 is 1.25 bits per heavy atom. The molecule has 2 rings (SSSR count). The predicted octanol–water partition coefficient (Wildman–Crippen LogP) is 2.33. The van der Waals surface area contributed by atoms with Crippen LogP contribution in [0.5, 0.6) is 0 Å². The molecule has 88 valence electrons. The Morgan fingerprint density at radius 2 is 2.00 bits per heavy atom. The molecule has 0 aromatic heterocycles. The van der Waals surface area contributed by atoms with Gasteiger partial charge in [0.05, 0.1) is 6.61 Å². The van der Waals surface area contributed by atoms with Crippen molar-refractivity contribution in [2.45, 2.75) is 38.1 Å². The summed E-state index contributed by atoms with van der Waals surface area (Å²) in [5.74, 6) is 0. The number of nitrogens with zero attached hydrogens (tertiary/aromatic N) is 1. The molecule has 0 saturated carbocycles. The van der Waals surface area contributed by atoms with Crippen LogP contribution in [0.2, 0.25) is 0 Å². The third-order valence-corrected chi connectivity index (χ3v) is 3.23. The van der Waals surface area contributed by atoms with Crippen molar-refractivity contribution in [1.29, 1.82) is 0 Å². The molecule has 1 N–H and O–H groups in total. The van der Waals surface area contributed by atoms with E-state index in [1.54, 1.807) is 4.90 Å². The van der Waals surface area contributed by atoms with E-state index in [4.69, 9.17) is 0 Å². The first kappa shape index (κ1) is 11.6. The van der Waals surface area contributed by atoms with E-state index in [0.717, 1.165) is 18.4 Å². The fourth-order valence-electron chi connectivity index (χ4n) is 2.30. The monoisotopic (exact) mass is 223 g/mol. The summed E-state index contributed by atoms with van der Waals surface area (Å²) in [6, 6.07) is 9.84. The Labute approximate surface area is 95.7 Å². The fourth-order valence-corrected chi connectivity index (χ4v) is 2.30. The molecular formula is C13H18FNO. The zero-order chi connectivity index (χ0) is 11.4. The summed E-state index contributed by atoms with van der Waals surface area (Å²) in [5.41, 5.74) is 1.10. The Hall–Kier alpha value is -0.930. The zero-order valence-electron chi connectivity index (χ0n) is 9.35. The highest BCUT2D eigenvalue weighted by Gasteiger charge is 2.29. The number of alkyl halides is 1. The molecule has 0 radical (unpaired) electrons. The smallest absolute Gasteiger partial charge is 0.154 e. The molecule has 0 amide bonds. The molecule has 3 heteroatoms. The molecular weight excluding hydrogens is 205 g/mol. The quantitative estimate of drug-likeness (QED) is 0.795. The van der Waals surface area contributed by atoms with Crippen LogP contribution in [0.4, 0.5) is 4.39 Å². The highest BCUT2D eigenvalue weighted by Crippen LogP contribution is 2.25. The maximum atomic E-state index is 13.8. The summed E-state index contributed by atoms with van der Waals surface area (Å²) in [6.07, 6.45) is 1.44. The lowest BCUT2D eigenvalue weighted by molar-refractivity contribution is -0.0252. The summed E-state index contributed by atoms with van der Waals surface area (Å²) in [7, 11) is 0. The van der Waals surface area contributed by atoms with Gasteiger partial charge in [-0.3, -0.25) is 4.90 Å². The lowest BCUT2D eigenvalue weighted by atomic mass is 10.0. The van der Waals surface area contributed by atoms with Gasteiger partial charge in [0.2, 0.25) is 0 Å². The second kappa shape index (κ2) is 5.41. The molecule has 1 aromatic carbocycles. The van der Waals surface area contributed by atoms with Crippen molar-refractivity contribution in [3.05, 3.63) is 35.9 Å². The van der Waals surface area contributed by atoms with Crippen LogP contribution >= 0.6 is 0 Å². The third kappa shape index (κ3) is 2.60. The molecule has 1 aromatic rings. The minimum Gasteiger partial charge on any atom is -0.395 e. The van der Waals surface area contributed by atoms with Gasteiger partial charge in [0.1, 0.15) is 0 Å². The van der Waals surface area contributed by atoms with E-state index in [9.17, 15) is 9.50 Å². The van der Waals surface area contributed by atoms with Gasteiger partial charge in [0.25, 0.3) is 0 Å². The highest BCUT2D eigenvalue weighted by molar-refractivity contribution is 5.14. The van der Waals surface area contributed by atoms with Crippen molar-refractivity contribution in [1.82, 2.24) is 4.90 Å². The van der Waals surface area contributed by atoms with Crippen molar-refractivity contribution in [2.75, 3.05) is 6.61 Å². The molecule has 16 heavy (non-hydrogen) atoms. The molecule has 2 nitrogen and oxygen atoms in total. The van der Waals surface area contributed by atoms with Gasteiger partial charge in [0, 0.05) is 12.6 Å². The number of aliphatic hydroxyl groups is 1. The van der Waals surface area contributed by atoms with Crippen LogP contribution < -0.4 is 0 Å². The third-order valence-electron chi connectivity index (χ3n) is 3.23. The summed E-state index contributed by atoms with van der Waals surface area (Å²) in [5, 5.41) is 9.25.